The van der Waals surface area contributed by atoms with E-state index >= 15 is 0 Å². The highest BCUT2D eigenvalue weighted by molar-refractivity contribution is 7.17. The lowest BCUT2D eigenvalue weighted by molar-refractivity contribution is -0.123. The second-order valence-electron chi connectivity index (χ2n) is 8.01. The normalized spacial score (nSPS) is 11.4. The third-order valence-electron chi connectivity index (χ3n) is 5.61. The van der Waals surface area contributed by atoms with Crippen LogP contribution in [0.5, 0.6) is 11.5 Å². The van der Waals surface area contributed by atoms with Crippen molar-refractivity contribution in [3.8, 4) is 11.5 Å². The largest absolute Gasteiger partial charge is 0.455 e. The average Bonchev–Trinajstić information content (AvgIpc) is 3.53. The maximum absolute atomic E-state index is 11.8. The second kappa shape index (κ2) is 13.1. The summed E-state index contributed by atoms with van der Waals surface area (Å²) in [5.74, 6) is 1.49. The predicted molar refractivity (Wildman–Crippen MR) is 157 cm³/mol. The highest BCUT2D eigenvalue weighted by Gasteiger charge is 2.14. The molecule has 38 heavy (non-hydrogen) atoms. The van der Waals surface area contributed by atoms with Gasteiger partial charge in [-0.15, -0.1) is 36.2 Å². The van der Waals surface area contributed by atoms with Crippen molar-refractivity contribution in [2.75, 3.05) is 18.5 Å². The first-order valence-electron chi connectivity index (χ1n) is 11.2. The Labute approximate surface area is 239 Å². The van der Waals surface area contributed by atoms with E-state index in [0.29, 0.717) is 29.7 Å². The summed E-state index contributed by atoms with van der Waals surface area (Å²) in [6.07, 6.45) is 3.36. The minimum atomic E-state index is -0.943. The van der Waals surface area contributed by atoms with E-state index < -0.39 is 18.6 Å². The molecule has 3 aromatic heterocycles. The fourth-order valence-electron chi connectivity index (χ4n) is 3.80. The predicted octanol–water partition coefficient (Wildman–Crippen LogP) is 5.11. The number of carbonyl (C=O) groups is 1. The molecule has 0 radical (unpaired) electrons. The number of rotatable bonds is 9. The number of nitrogens with zero attached hydrogens (tertiary/aromatic N) is 3. The molecule has 5 rings (SSSR count). The van der Waals surface area contributed by atoms with Crippen LogP contribution in [-0.2, 0) is 11.3 Å². The molecule has 0 aliphatic rings. The molecule has 3 heterocycles. The number of aromatic nitrogens is 3. The van der Waals surface area contributed by atoms with Gasteiger partial charge in [0.15, 0.2) is 5.82 Å². The number of fused-ring (bicyclic) bond motifs is 2. The van der Waals surface area contributed by atoms with Gasteiger partial charge in [0.1, 0.15) is 29.4 Å². The highest BCUT2D eigenvalue weighted by Crippen LogP contribution is 2.37. The molecule has 200 valence electrons. The zero-order valence-electron chi connectivity index (χ0n) is 19.8. The van der Waals surface area contributed by atoms with Gasteiger partial charge in [0.05, 0.1) is 17.1 Å². The van der Waals surface area contributed by atoms with Crippen LogP contribution in [0.1, 0.15) is 0 Å². The van der Waals surface area contributed by atoms with E-state index in [2.05, 4.69) is 26.7 Å². The van der Waals surface area contributed by atoms with E-state index in [4.69, 9.17) is 27.2 Å². The lowest BCUT2D eigenvalue weighted by Crippen LogP contribution is -2.43. The fourth-order valence-corrected chi connectivity index (χ4v) is 4.82. The Bertz CT molecular complexity index is 1540. The Morgan fingerprint density at radius 3 is 2.79 bits per heavy atom. The van der Waals surface area contributed by atoms with Gasteiger partial charge in [-0.2, -0.15) is 0 Å². The summed E-state index contributed by atoms with van der Waals surface area (Å²) in [6.45, 7) is 0.396. The van der Waals surface area contributed by atoms with Crippen LogP contribution in [0.25, 0.3) is 21.1 Å². The molecule has 0 aliphatic carbocycles. The summed E-state index contributed by atoms with van der Waals surface area (Å²) in [6, 6.07) is 14.4. The summed E-state index contributed by atoms with van der Waals surface area (Å²) in [5, 5.41) is 18.6. The lowest BCUT2D eigenvalue weighted by Gasteiger charge is -2.14. The number of amides is 1. The van der Waals surface area contributed by atoms with E-state index in [9.17, 15) is 4.79 Å². The third kappa shape index (κ3) is 6.29. The number of halogens is 3. The molecule has 0 aliphatic heterocycles. The number of ether oxygens (including phenoxy) is 1. The van der Waals surface area contributed by atoms with Gasteiger partial charge in [-0.05, 0) is 47.8 Å². The van der Waals surface area contributed by atoms with Gasteiger partial charge >= 0.3 is 0 Å². The first-order chi connectivity index (χ1) is 17.5. The first-order valence-corrected chi connectivity index (χ1v) is 12.4. The monoisotopic (exact) mass is 594 g/mol. The Morgan fingerprint density at radius 2 is 2.00 bits per heavy atom. The molecule has 13 heteroatoms. The summed E-state index contributed by atoms with van der Waals surface area (Å²) in [5.41, 5.74) is 7.80. The quantitative estimate of drug-likeness (QED) is 0.186. The van der Waals surface area contributed by atoms with Crippen LogP contribution in [0.4, 0.5) is 11.5 Å². The molecule has 1 atom stereocenters. The van der Waals surface area contributed by atoms with Crippen LogP contribution in [0.15, 0.2) is 66.4 Å². The Balaban J connectivity index is 0.00000200. The van der Waals surface area contributed by atoms with E-state index in [0.717, 1.165) is 32.6 Å². The second-order valence-corrected chi connectivity index (χ2v) is 9.36. The van der Waals surface area contributed by atoms with E-state index in [1.807, 2.05) is 52.5 Å². The number of nitrogens with two attached hydrogens (primary N) is 1. The smallest absolute Gasteiger partial charge is 0.239 e. The van der Waals surface area contributed by atoms with Crippen molar-refractivity contribution < 1.29 is 14.6 Å². The lowest BCUT2D eigenvalue weighted by atomic mass is 10.2. The number of thiophene rings is 1. The fraction of sp³-hybridized carbons (Fsp3) is 0.160. The molecule has 0 bridgehead atoms. The molecule has 2 aromatic carbocycles. The number of aliphatic hydroxyl groups excluding tert-OH is 1. The molecule has 0 fully saturated rings. The van der Waals surface area contributed by atoms with Gasteiger partial charge < -0.3 is 30.8 Å². The first kappa shape index (κ1) is 29.4. The maximum atomic E-state index is 11.8. The van der Waals surface area contributed by atoms with Crippen LogP contribution in [0.3, 0.4) is 0 Å². The van der Waals surface area contributed by atoms with Crippen LogP contribution in [0.2, 0.25) is 5.02 Å². The summed E-state index contributed by atoms with van der Waals surface area (Å²) >= 11 is 8.22. The topological polar surface area (TPSA) is 127 Å². The average molecular weight is 596 g/mol. The molecular formula is C25H25Cl3N6O3S. The van der Waals surface area contributed by atoms with Crippen molar-refractivity contribution >= 4 is 86.3 Å². The number of nitrogens with one attached hydrogen (secondary N) is 2. The van der Waals surface area contributed by atoms with Gasteiger partial charge in [0, 0.05) is 35.1 Å². The van der Waals surface area contributed by atoms with Crippen molar-refractivity contribution in [1.82, 2.24) is 19.9 Å². The van der Waals surface area contributed by atoms with Crippen LogP contribution < -0.4 is 21.1 Å². The van der Waals surface area contributed by atoms with E-state index in [-0.39, 0.29) is 24.8 Å². The summed E-state index contributed by atoms with van der Waals surface area (Å²) < 4.78 is 9.19. The third-order valence-corrected chi connectivity index (χ3v) is 6.78. The summed E-state index contributed by atoms with van der Waals surface area (Å²) in [4.78, 5) is 20.6. The molecule has 5 N–H and O–H groups in total. The minimum Gasteiger partial charge on any atom is -0.455 e. The van der Waals surface area contributed by atoms with E-state index in [1.165, 1.54) is 6.33 Å². The van der Waals surface area contributed by atoms with Crippen molar-refractivity contribution in [1.29, 1.82) is 0 Å². The van der Waals surface area contributed by atoms with Gasteiger partial charge in [-0.1, -0.05) is 17.7 Å². The molecule has 9 nitrogen and oxygen atoms in total. The van der Waals surface area contributed by atoms with Crippen LogP contribution >= 0.6 is 47.8 Å². The Morgan fingerprint density at radius 1 is 1.16 bits per heavy atom. The van der Waals surface area contributed by atoms with Gasteiger partial charge in [0.2, 0.25) is 5.91 Å². The Kier molecular flexibility index (Phi) is 10.1. The minimum absolute atomic E-state index is 0. The molecule has 0 spiro atoms. The molecule has 0 saturated carbocycles. The highest BCUT2D eigenvalue weighted by atomic mass is 35.5. The number of hydrogen-bond acceptors (Lipinski definition) is 8. The number of benzene rings is 2. The zero-order chi connectivity index (χ0) is 25.1. The summed E-state index contributed by atoms with van der Waals surface area (Å²) in [7, 11) is 0. The number of hydrogen-bond donors (Lipinski definition) is 4. The molecule has 0 unspecified atom stereocenters. The van der Waals surface area contributed by atoms with Crippen molar-refractivity contribution in [3.63, 3.8) is 0 Å². The van der Waals surface area contributed by atoms with Gasteiger partial charge in [-0.25, -0.2) is 9.97 Å². The van der Waals surface area contributed by atoms with Crippen LogP contribution in [0, 0.1) is 0 Å². The van der Waals surface area contributed by atoms with Gasteiger partial charge in [-0.3, -0.25) is 4.79 Å². The SMILES string of the molecule is Cl.Cl.N[C@@H](CO)C(=O)NCCn1ccc2ncnc(Nc3ccc(Oc4cccc5sccc45)c(Cl)c3)c21. The van der Waals surface area contributed by atoms with Gasteiger partial charge in [0.25, 0.3) is 0 Å². The standard InChI is InChI=1S/C25H23ClN6O3S.2ClH/c26-17-12-15(4-5-21(17)35-20-2-1-3-22-16(20)7-11-36-22)31-24-23-19(29-14-30-24)6-9-32(23)10-8-28-25(34)18(27)13-33;;/h1-7,9,11-12,14,18,33H,8,10,13,27H2,(H,28,34)(H,29,30,31);2*1H/t18-;;/m0../s1. The molecule has 5 aromatic rings. The number of anilines is 2. The Hall–Kier alpha value is -3.12. The number of aliphatic hydroxyl groups is 1. The van der Waals surface area contributed by atoms with Crippen molar-refractivity contribution in [2.24, 2.45) is 5.73 Å². The van der Waals surface area contributed by atoms with Crippen LogP contribution in [-0.4, -0.2) is 44.7 Å². The molecular weight excluding hydrogens is 571 g/mol. The molecule has 1 amide bonds. The van der Waals surface area contributed by atoms with Crippen molar-refractivity contribution in [2.45, 2.75) is 12.6 Å². The molecule has 0 saturated heterocycles. The zero-order valence-corrected chi connectivity index (χ0v) is 23.0. The maximum Gasteiger partial charge on any atom is 0.239 e. The van der Waals surface area contributed by atoms with E-state index in [1.54, 1.807) is 17.4 Å². The van der Waals surface area contributed by atoms with Crippen molar-refractivity contribution in [3.05, 3.63) is 71.5 Å². The number of carbonyl (C=O) groups excluding carboxylic acids is 1.